The van der Waals surface area contributed by atoms with E-state index in [-0.39, 0.29) is 18.2 Å². The summed E-state index contributed by atoms with van der Waals surface area (Å²) in [4.78, 5) is 26.3. The number of hydrogen-bond acceptors (Lipinski definition) is 6. The van der Waals surface area contributed by atoms with Crippen LogP contribution in [-0.2, 0) is 11.2 Å². The second-order valence-corrected chi connectivity index (χ2v) is 6.67. The van der Waals surface area contributed by atoms with E-state index >= 15 is 0 Å². The zero-order chi connectivity index (χ0) is 21.3. The third-order valence-corrected chi connectivity index (χ3v) is 4.35. The Morgan fingerprint density at radius 3 is 2.53 bits per heavy atom. The van der Waals surface area contributed by atoms with Crippen molar-refractivity contribution in [3.05, 3.63) is 88.2 Å². The number of carbonyl (C=O) groups excluding carboxylic acids is 1. The lowest BCUT2D eigenvalue weighted by molar-refractivity contribution is -0.384. The van der Waals surface area contributed by atoms with Crippen LogP contribution in [0.4, 0.5) is 17.1 Å². The number of rotatable bonds is 9. The van der Waals surface area contributed by atoms with Crippen molar-refractivity contribution in [1.82, 2.24) is 4.98 Å². The molecular weight excluding hydrogens is 384 g/mol. The molecule has 0 saturated heterocycles. The van der Waals surface area contributed by atoms with Crippen LogP contribution in [0, 0.1) is 17.0 Å². The average Bonchev–Trinajstić information content (AvgIpc) is 2.75. The molecule has 0 aliphatic carbocycles. The molecule has 1 heterocycles. The molecule has 3 rings (SSSR count). The lowest BCUT2D eigenvalue weighted by Gasteiger charge is -2.09. The summed E-state index contributed by atoms with van der Waals surface area (Å²) in [5.74, 6) is 0.363. The van der Waals surface area contributed by atoms with E-state index in [1.54, 1.807) is 18.2 Å². The van der Waals surface area contributed by atoms with Crippen LogP contribution in [0.3, 0.4) is 0 Å². The van der Waals surface area contributed by atoms with Crippen LogP contribution in [0.25, 0.3) is 0 Å². The monoisotopic (exact) mass is 406 g/mol. The van der Waals surface area contributed by atoms with Crippen molar-refractivity contribution in [3.63, 3.8) is 0 Å². The molecule has 8 heteroatoms. The van der Waals surface area contributed by atoms with Gasteiger partial charge in [-0.3, -0.25) is 19.9 Å². The maximum absolute atomic E-state index is 12.0. The molecule has 0 bridgehead atoms. The summed E-state index contributed by atoms with van der Waals surface area (Å²) >= 11 is 0. The highest BCUT2D eigenvalue weighted by atomic mass is 16.6. The van der Waals surface area contributed by atoms with Crippen LogP contribution in [0.1, 0.15) is 11.1 Å². The predicted molar refractivity (Wildman–Crippen MR) is 115 cm³/mol. The Bertz CT molecular complexity index is 1000. The summed E-state index contributed by atoms with van der Waals surface area (Å²) in [5, 5.41) is 16.8. The summed E-state index contributed by atoms with van der Waals surface area (Å²) in [5.41, 5.74) is 3.28. The minimum Gasteiger partial charge on any atom is -0.484 e. The van der Waals surface area contributed by atoms with Crippen LogP contribution < -0.4 is 15.4 Å². The van der Waals surface area contributed by atoms with Gasteiger partial charge in [0.25, 0.3) is 5.91 Å². The summed E-state index contributed by atoms with van der Waals surface area (Å²) in [6, 6.07) is 16.5. The molecular formula is C22H22N4O4. The Morgan fingerprint density at radius 1 is 1.10 bits per heavy atom. The van der Waals surface area contributed by atoms with Crippen LogP contribution in [-0.4, -0.2) is 29.0 Å². The lowest BCUT2D eigenvalue weighted by atomic mass is 10.1. The molecule has 8 nitrogen and oxygen atoms in total. The fourth-order valence-corrected chi connectivity index (χ4v) is 2.76. The zero-order valence-corrected chi connectivity index (χ0v) is 16.5. The van der Waals surface area contributed by atoms with E-state index < -0.39 is 4.92 Å². The summed E-state index contributed by atoms with van der Waals surface area (Å²) in [7, 11) is 0. The first-order valence-corrected chi connectivity index (χ1v) is 9.42. The molecule has 0 aliphatic rings. The highest BCUT2D eigenvalue weighted by Crippen LogP contribution is 2.22. The molecule has 1 amide bonds. The summed E-state index contributed by atoms with van der Waals surface area (Å²) in [6.07, 6.45) is 3.41. The van der Waals surface area contributed by atoms with E-state index in [4.69, 9.17) is 4.74 Å². The van der Waals surface area contributed by atoms with Crippen molar-refractivity contribution in [2.75, 3.05) is 23.8 Å². The van der Waals surface area contributed by atoms with Crippen molar-refractivity contribution in [2.45, 2.75) is 13.3 Å². The van der Waals surface area contributed by atoms with Gasteiger partial charge in [0.2, 0.25) is 0 Å². The minimum absolute atomic E-state index is 0.0508. The topological polar surface area (TPSA) is 106 Å². The SMILES string of the molecule is Cc1ccc(NC(=O)COc2ccc(CCNc3ccncc3[N+](=O)[O-])cc2)cc1. The predicted octanol–water partition coefficient (Wildman–Crippen LogP) is 3.97. The van der Waals surface area contributed by atoms with Crippen molar-refractivity contribution in [3.8, 4) is 5.75 Å². The normalized spacial score (nSPS) is 10.3. The molecule has 1 aromatic heterocycles. The van der Waals surface area contributed by atoms with Gasteiger partial charge in [-0.2, -0.15) is 0 Å². The van der Waals surface area contributed by atoms with Gasteiger partial charge in [-0.15, -0.1) is 0 Å². The van der Waals surface area contributed by atoms with E-state index in [0.29, 0.717) is 24.4 Å². The van der Waals surface area contributed by atoms with Crippen molar-refractivity contribution in [1.29, 1.82) is 0 Å². The third-order valence-electron chi connectivity index (χ3n) is 4.35. The molecule has 0 unspecified atom stereocenters. The molecule has 154 valence electrons. The molecule has 0 atom stereocenters. The molecule has 0 aliphatic heterocycles. The first kappa shape index (κ1) is 20.8. The summed E-state index contributed by atoms with van der Waals surface area (Å²) in [6.45, 7) is 2.43. The average molecular weight is 406 g/mol. The number of nitro groups is 1. The van der Waals surface area contributed by atoms with Gasteiger partial charge in [0, 0.05) is 18.4 Å². The number of nitrogens with one attached hydrogen (secondary N) is 2. The van der Waals surface area contributed by atoms with Crippen LogP contribution in [0.5, 0.6) is 5.75 Å². The standard InChI is InChI=1S/C22H22N4O4/c1-16-2-6-18(7-3-16)25-22(27)15-30-19-8-4-17(5-9-19)10-13-24-20-11-12-23-14-21(20)26(28)29/h2-9,11-12,14H,10,13,15H2,1H3,(H,23,24)(H,25,27). The maximum Gasteiger partial charge on any atom is 0.310 e. The number of aryl methyl sites for hydroxylation is 1. The van der Waals surface area contributed by atoms with E-state index in [0.717, 1.165) is 16.8 Å². The second kappa shape index (κ2) is 10.0. The number of hydrogen-bond donors (Lipinski definition) is 2. The molecule has 2 aromatic carbocycles. The van der Waals surface area contributed by atoms with Gasteiger partial charge < -0.3 is 15.4 Å². The van der Waals surface area contributed by atoms with Gasteiger partial charge >= 0.3 is 5.69 Å². The van der Waals surface area contributed by atoms with Gasteiger partial charge in [0.1, 0.15) is 17.6 Å². The van der Waals surface area contributed by atoms with Crippen LogP contribution >= 0.6 is 0 Å². The van der Waals surface area contributed by atoms with Gasteiger partial charge in [-0.25, -0.2) is 0 Å². The van der Waals surface area contributed by atoms with E-state index in [1.165, 1.54) is 12.4 Å². The first-order chi connectivity index (χ1) is 14.5. The fourth-order valence-electron chi connectivity index (χ4n) is 2.76. The number of aromatic nitrogens is 1. The highest BCUT2D eigenvalue weighted by molar-refractivity contribution is 5.91. The Hall–Kier alpha value is -3.94. The van der Waals surface area contributed by atoms with E-state index in [2.05, 4.69) is 15.6 Å². The van der Waals surface area contributed by atoms with Gasteiger partial charge in [0.15, 0.2) is 6.61 Å². The Kier molecular flexibility index (Phi) is 6.94. The number of pyridine rings is 1. The number of anilines is 2. The first-order valence-electron chi connectivity index (χ1n) is 9.42. The van der Waals surface area contributed by atoms with Crippen molar-refractivity contribution < 1.29 is 14.5 Å². The maximum atomic E-state index is 12.0. The van der Waals surface area contributed by atoms with E-state index in [9.17, 15) is 14.9 Å². The molecule has 0 fully saturated rings. The Labute approximate surface area is 174 Å². The number of benzene rings is 2. The van der Waals surface area contributed by atoms with Crippen molar-refractivity contribution >= 4 is 23.0 Å². The van der Waals surface area contributed by atoms with E-state index in [1.807, 2.05) is 43.3 Å². The smallest absolute Gasteiger partial charge is 0.310 e. The Balaban J connectivity index is 1.44. The fraction of sp³-hybridized carbons (Fsp3) is 0.182. The molecule has 30 heavy (non-hydrogen) atoms. The van der Waals surface area contributed by atoms with Gasteiger partial charge in [-0.05, 0) is 49.2 Å². The lowest BCUT2D eigenvalue weighted by Crippen LogP contribution is -2.20. The molecule has 3 aromatic rings. The molecule has 0 spiro atoms. The highest BCUT2D eigenvalue weighted by Gasteiger charge is 2.12. The number of nitrogens with zero attached hydrogens (tertiary/aromatic N) is 2. The quantitative estimate of drug-likeness (QED) is 0.411. The number of amides is 1. The zero-order valence-electron chi connectivity index (χ0n) is 16.5. The molecule has 0 radical (unpaired) electrons. The third kappa shape index (κ3) is 6.03. The number of ether oxygens (including phenoxy) is 1. The largest absolute Gasteiger partial charge is 0.484 e. The number of carbonyl (C=O) groups is 1. The Morgan fingerprint density at radius 2 is 1.83 bits per heavy atom. The minimum atomic E-state index is -0.462. The molecule has 0 saturated carbocycles. The van der Waals surface area contributed by atoms with Crippen molar-refractivity contribution in [2.24, 2.45) is 0 Å². The summed E-state index contributed by atoms with van der Waals surface area (Å²) < 4.78 is 5.53. The van der Waals surface area contributed by atoms with Crippen LogP contribution in [0.15, 0.2) is 67.0 Å². The molecule has 2 N–H and O–H groups in total. The van der Waals surface area contributed by atoms with Crippen LogP contribution in [0.2, 0.25) is 0 Å². The van der Waals surface area contributed by atoms with Gasteiger partial charge in [-0.1, -0.05) is 29.8 Å². The second-order valence-electron chi connectivity index (χ2n) is 6.67. The van der Waals surface area contributed by atoms with Gasteiger partial charge in [0.05, 0.1) is 4.92 Å².